The molecule has 0 saturated carbocycles. The third-order valence-electron chi connectivity index (χ3n) is 2.42. The van der Waals surface area contributed by atoms with Crippen LogP contribution in [-0.2, 0) is 11.3 Å². The first-order valence-corrected chi connectivity index (χ1v) is 6.73. The summed E-state index contributed by atoms with van der Waals surface area (Å²) < 4.78 is 10.8. The van der Waals surface area contributed by atoms with Crippen LogP contribution in [0.25, 0.3) is 0 Å². The Bertz CT molecular complexity index is 357. The molecule has 5 heteroatoms. The van der Waals surface area contributed by atoms with Crippen molar-refractivity contribution in [3.05, 3.63) is 17.7 Å². The average Bonchev–Trinajstić information content (AvgIpc) is 2.35. The van der Waals surface area contributed by atoms with Crippen LogP contribution in [0.5, 0.6) is 11.5 Å². The van der Waals surface area contributed by atoms with E-state index in [0.717, 1.165) is 22.0 Å². The maximum absolute atomic E-state index is 5.42. The van der Waals surface area contributed by atoms with Gasteiger partial charge in [-0.05, 0) is 12.1 Å². The predicted octanol–water partition coefficient (Wildman–Crippen LogP) is 2.64. The molecule has 0 radical (unpaired) electrons. The number of nitrogens with two attached hydrogens (primary N) is 1. The highest BCUT2D eigenvalue weighted by molar-refractivity contribution is 7.99. The number of methoxy groups -OCH3 is 2. The van der Waals surface area contributed by atoms with E-state index in [1.54, 1.807) is 26.0 Å². The van der Waals surface area contributed by atoms with Gasteiger partial charge in [-0.25, -0.2) is 5.90 Å². The van der Waals surface area contributed by atoms with Gasteiger partial charge in [-0.2, -0.15) is 0 Å². The van der Waals surface area contributed by atoms with Crippen molar-refractivity contribution in [2.75, 3.05) is 20.8 Å². The molecule has 102 valence electrons. The van der Waals surface area contributed by atoms with Crippen molar-refractivity contribution in [2.45, 2.75) is 30.4 Å². The van der Waals surface area contributed by atoms with E-state index in [4.69, 9.17) is 15.4 Å². The molecule has 1 aromatic rings. The van der Waals surface area contributed by atoms with E-state index in [0.29, 0.717) is 18.3 Å². The molecule has 4 nitrogen and oxygen atoms in total. The summed E-state index contributed by atoms with van der Waals surface area (Å²) in [5.74, 6) is 6.70. The molecular weight excluding hydrogens is 250 g/mol. The Kier molecular flexibility index (Phi) is 6.32. The summed E-state index contributed by atoms with van der Waals surface area (Å²) >= 11 is 1.77. The zero-order chi connectivity index (χ0) is 13.5. The van der Waals surface area contributed by atoms with Crippen molar-refractivity contribution in [1.82, 2.24) is 0 Å². The molecule has 0 aliphatic heterocycles. The third-order valence-corrected chi connectivity index (χ3v) is 3.40. The van der Waals surface area contributed by atoms with E-state index < -0.39 is 0 Å². The molecule has 0 saturated heterocycles. The molecule has 0 aliphatic rings. The number of rotatable bonds is 7. The zero-order valence-corrected chi connectivity index (χ0v) is 12.2. The monoisotopic (exact) mass is 271 g/mol. The summed E-state index contributed by atoms with van der Waals surface area (Å²) in [6.45, 7) is 4.74. The minimum absolute atomic E-state index is 0.434. The molecule has 0 atom stereocenters. The second-order valence-corrected chi connectivity index (χ2v) is 5.74. The maximum atomic E-state index is 5.42. The molecule has 0 fully saturated rings. The van der Waals surface area contributed by atoms with Crippen LogP contribution in [-0.4, -0.2) is 26.1 Å². The zero-order valence-electron chi connectivity index (χ0n) is 11.4. The highest BCUT2D eigenvalue weighted by Gasteiger charge is 2.13. The highest BCUT2D eigenvalue weighted by atomic mass is 32.2. The first-order chi connectivity index (χ1) is 8.62. The van der Waals surface area contributed by atoms with E-state index in [1.807, 2.05) is 12.1 Å². The first-order valence-electron chi connectivity index (χ1n) is 5.85. The number of benzene rings is 1. The van der Waals surface area contributed by atoms with Gasteiger partial charge in [0.1, 0.15) is 11.5 Å². The summed E-state index contributed by atoms with van der Waals surface area (Å²) in [5, 5.41) is 0.512. The van der Waals surface area contributed by atoms with Gasteiger partial charge in [0, 0.05) is 22.1 Å². The second kappa shape index (κ2) is 7.51. The van der Waals surface area contributed by atoms with Gasteiger partial charge in [-0.3, -0.25) is 0 Å². The fourth-order valence-corrected chi connectivity index (χ4v) is 2.60. The highest BCUT2D eigenvalue weighted by Crippen LogP contribution is 2.36. The van der Waals surface area contributed by atoms with Gasteiger partial charge in [0.2, 0.25) is 0 Å². The van der Waals surface area contributed by atoms with Crippen LogP contribution >= 0.6 is 11.8 Å². The third kappa shape index (κ3) is 4.08. The molecule has 0 spiro atoms. The van der Waals surface area contributed by atoms with Gasteiger partial charge in [0.15, 0.2) is 0 Å². The first kappa shape index (κ1) is 15.1. The summed E-state index contributed by atoms with van der Waals surface area (Å²) in [5.41, 5.74) is 0.985. The van der Waals surface area contributed by atoms with Crippen molar-refractivity contribution in [3.63, 3.8) is 0 Å². The Morgan fingerprint density at radius 1 is 1.17 bits per heavy atom. The molecule has 0 unspecified atom stereocenters. The van der Waals surface area contributed by atoms with Gasteiger partial charge in [-0.1, -0.05) is 13.8 Å². The molecule has 0 aromatic heterocycles. The van der Waals surface area contributed by atoms with Gasteiger partial charge < -0.3 is 14.3 Å². The number of thioether (sulfide) groups is 1. The quantitative estimate of drug-likeness (QED) is 0.610. The van der Waals surface area contributed by atoms with E-state index in [-0.39, 0.29) is 0 Å². The summed E-state index contributed by atoms with van der Waals surface area (Å²) in [6, 6.07) is 4.05. The summed E-state index contributed by atoms with van der Waals surface area (Å²) in [7, 11) is 3.32. The Hall–Kier alpha value is -0.910. The lowest BCUT2D eigenvalue weighted by molar-refractivity contribution is 0.140. The summed E-state index contributed by atoms with van der Waals surface area (Å²) in [6.07, 6.45) is 0.662. The van der Waals surface area contributed by atoms with Crippen LogP contribution in [0.4, 0.5) is 0 Å². The molecule has 18 heavy (non-hydrogen) atoms. The Labute approximate surface area is 113 Å². The maximum Gasteiger partial charge on any atom is 0.126 e. The largest absolute Gasteiger partial charge is 0.496 e. The van der Waals surface area contributed by atoms with Gasteiger partial charge in [0.25, 0.3) is 0 Å². The number of hydrogen-bond donors (Lipinski definition) is 1. The van der Waals surface area contributed by atoms with Crippen molar-refractivity contribution in [1.29, 1.82) is 0 Å². The second-order valence-electron chi connectivity index (χ2n) is 4.09. The Balaban J connectivity index is 3.08. The Morgan fingerprint density at radius 2 is 1.72 bits per heavy atom. The van der Waals surface area contributed by atoms with E-state index >= 15 is 0 Å². The normalized spacial score (nSPS) is 10.8. The fourth-order valence-electron chi connectivity index (χ4n) is 1.71. The molecule has 0 bridgehead atoms. The molecule has 0 aliphatic carbocycles. The lowest BCUT2D eigenvalue weighted by atomic mass is 10.1. The fraction of sp³-hybridized carbons (Fsp3) is 0.538. The Morgan fingerprint density at radius 3 is 2.11 bits per heavy atom. The SMILES string of the molecule is COc1cc(SC(C)C)cc(OC)c1CCON. The van der Waals surface area contributed by atoms with Gasteiger partial charge >= 0.3 is 0 Å². The van der Waals surface area contributed by atoms with Crippen LogP contribution in [0.15, 0.2) is 17.0 Å². The van der Waals surface area contributed by atoms with Crippen LogP contribution in [0, 0.1) is 0 Å². The number of hydrogen-bond acceptors (Lipinski definition) is 5. The topological polar surface area (TPSA) is 53.7 Å². The van der Waals surface area contributed by atoms with E-state index in [2.05, 4.69) is 18.7 Å². The van der Waals surface area contributed by atoms with Crippen molar-refractivity contribution in [2.24, 2.45) is 5.90 Å². The van der Waals surface area contributed by atoms with Crippen LogP contribution in [0.1, 0.15) is 19.4 Å². The minimum Gasteiger partial charge on any atom is -0.496 e. The molecular formula is C13H21NO3S. The van der Waals surface area contributed by atoms with Crippen molar-refractivity contribution >= 4 is 11.8 Å². The predicted molar refractivity (Wildman–Crippen MR) is 74.4 cm³/mol. The van der Waals surface area contributed by atoms with Crippen LogP contribution < -0.4 is 15.4 Å². The molecule has 1 rings (SSSR count). The minimum atomic E-state index is 0.434. The van der Waals surface area contributed by atoms with Gasteiger partial charge in [0.05, 0.1) is 20.8 Å². The average molecular weight is 271 g/mol. The molecule has 1 aromatic carbocycles. The van der Waals surface area contributed by atoms with E-state index in [1.165, 1.54) is 0 Å². The molecule has 0 amide bonds. The number of ether oxygens (including phenoxy) is 2. The lowest BCUT2D eigenvalue weighted by Crippen LogP contribution is -2.06. The summed E-state index contributed by atoms with van der Waals surface area (Å²) in [4.78, 5) is 5.76. The molecule has 0 heterocycles. The lowest BCUT2D eigenvalue weighted by Gasteiger charge is -2.15. The van der Waals surface area contributed by atoms with Crippen LogP contribution in [0.2, 0.25) is 0 Å². The smallest absolute Gasteiger partial charge is 0.126 e. The van der Waals surface area contributed by atoms with Crippen LogP contribution in [0.3, 0.4) is 0 Å². The standard InChI is InChI=1S/C13H21NO3S/c1-9(2)18-10-7-12(15-3)11(5-6-17-14)13(8-10)16-4/h7-9H,5-6,14H2,1-4H3. The van der Waals surface area contributed by atoms with Crippen molar-refractivity contribution in [3.8, 4) is 11.5 Å². The van der Waals surface area contributed by atoms with E-state index in [9.17, 15) is 0 Å². The molecule has 2 N–H and O–H groups in total. The van der Waals surface area contributed by atoms with Crippen molar-refractivity contribution < 1.29 is 14.3 Å². The van der Waals surface area contributed by atoms with Gasteiger partial charge in [-0.15, -0.1) is 11.8 Å².